The van der Waals surface area contributed by atoms with Crippen LogP contribution < -0.4 is 5.32 Å². The normalized spacial score (nSPS) is 22.0. The predicted octanol–water partition coefficient (Wildman–Crippen LogP) is 3.43. The molecule has 0 spiro atoms. The summed E-state index contributed by atoms with van der Waals surface area (Å²) in [6.07, 6.45) is 4.09. The standard InChI is InChI=1S/C19H15FN4O2/c20-13-5-3-11(4-6-13)18-17-14(23-19-21-10-22-24(18)19)8-12(9-15(17)25)16-2-1-7-26-16/h1-7,10,12,18H,8-9H2,(H,21,22,23)/t12-,18+/m0/s1. The average Bonchev–Trinajstić information content (AvgIpc) is 3.32. The molecule has 26 heavy (non-hydrogen) atoms. The van der Waals surface area contributed by atoms with Gasteiger partial charge in [0.05, 0.1) is 6.26 Å². The fourth-order valence-electron chi connectivity index (χ4n) is 3.83. The third-order valence-corrected chi connectivity index (χ3v) is 4.99. The van der Waals surface area contributed by atoms with Crippen LogP contribution in [0.15, 0.2) is 64.7 Å². The van der Waals surface area contributed by atoms with Crippen LogP contribution in [-0.2, 0) is 4.79 Å². The number of hydrogen-bond donors (Lipinski definition) is 1. The number of hydrogen-bond acceptors (Lipinski definition) is 5. The van der Waals surface area contributed by atoms with E-state index in [0.717, 1.165) is 17.0 Å². The van der Waals surface area contributed by atoms with E-state index in [-0.39, 0.29) is 17.5 Å². The van der Waals surface area contributed by atoms with Crippen molar-refractivity contribution < 1.29 is 13.6 Å². The molecule has 0 fully saturated rings. The van der Waals surface area contributed by atoms with E-state index in [1.54, 1.807) is 23.1 Å². The molecule has 0 saturated heterocycles. The number of aromatic nitrogens is 3. The van der Waals surface area contributed by atoms with Crippen LogP contribution in [0.4, 0.5) is 10.3 Å². The van der Waals surface area contributed by atoms with Gasteiger partial charge < -0.3 is 9.73 Å². The number of fused-ring (bicyclic) bond motifs is 1. The molecule has 1 aliphatic carbocycles. The van der Waals surface area contributed by atoms with Gasteiger partial charge in [0, 0.05) is 23.6 Å². The third-order valence-electron chi connectivity index (χ3n) is 4.99. The zero-order valence-corrected chi connectivity index (χ0v) is 13.7. The summed E-state index contributed by atoms with van der Waals surface area (Å²) in [5.41, 5.74) is 2.30. The van der Waals surface area contributed by atoms with Crippen molar-refractivity contribution >= 4 is 11.7 Å². The lowest BCUT2D eigenvalue weighted by Gasteiger charge is -2.34. The van der Waals surface area contributed by atoms with Gasteiger partial charge in [-0.2, -0.15) is 10.1 Å². The molecule has 6 nitrogen and oxygen atoms in total. The van der Waals surface area contributed by atoms with Gasteiger partial charge >= 0.3 is 0 Å². The molecule has 0 amide bonds. The molecule has 3 aromatic rings. The van der Waals surface area contributed by atoms with Crippen molar-refractivity contribution in [3.8, 4) is 0 Å². The maximum atomic E-state index is 13.4. The lowest BCUT2D eigenvalue weighted by molar-refractivity contribution is -0.117. The Hall–Kier alpha value is -3.22. The van der Waals surface area contributed by atoms with Crippen molar-refractivity contribution in [2.45, 2.75) is 24.8 Å². The molecule has 3 heterocycles. The van der Waals surface area contributed by atoms with E-state index in [0.29, 0.717) is 24.4 Å². The highest BCUT2D eigenvalue weighted by Gasteiger charge is 2.39. The van der Waals surface area contributed by atoms with E-state index in [4.69, 9.17) is 4.42 Å². The van der Waals surface area contributed by atoms with Crippen LogP contribution in [0, 0.1) is 5.82 Å². The van der Waals surface area contributed by atoms with Crippen LogP contribution in [-0.4, -0.2) is 20.5 Å². The maximum absolute atomic E-state index is 13.4. The largest absolute Gasteiger partial charge is 0.469 e. The van der Waals surface area contributed by atoms with E-state index in [1.165, 1.54) is 18.5 Å². The number of furan rings is 1. The minimum absolute atomic E-state index is 0.00732. The van der Waals surface area contributed by atoms with Crippen LogP contribution in [0.2, 0.25) is 0 Å². The Labute approximate surface area is 148 Å². The van der Waals surface area contributed by atoms with Crippen LogP contribution in [0.3, 0.4) is 0 Å². The average molecular weight is 350 g/mol. The third kappa shape index (κ3) is 2.28. The summed E-state index contributed by atoms with van der Waals surface area (Å²) in [5.74, 6) is 1.09. The van der Waals surface area contributed by atoms with Gasteiger partial charge in [-0.3, -0.25) is 4.79 Å². The van der Waals surface area contributed by atoms with Gasteiger partial charge in [0.25, 0.3) is 0 Å². The topological polar surface area (TPSA) is 73.0 Å². The fraction of sp³-hybridized carbons (Fsp3) is 0.211. The monoisotopic (exact) mass is 350 g/mol. The van der Waals surface area contributed by atoms with E-state index >= 15 is 0 Å². The molecule has 2 aromatic heterocycles. The minimum atomic E-state index is -0.408. The number of anilines is 1. The Morgan fingerprint density at radius 3 is 2.81 bits per heavy atom. The summed E-state index contributed by atoms with van der Waals surface area (Å²) < 4.78 is 20.6. The van der Waals surface area contributed by atoms with Gasteiger partial charge in [-0.15, -0.1) is 0 Å². The second kappa shape index (κ2) is 5.66. The number of carbonyl (C=O) groups excluding carboxylic acids is 1. The summed E-state index contributed by atoms with van der Waals surface area (Å²) >= 11 is 0. The summed E-state index contributed by atoms with van der Waals surface area (Å²) in [6, 6.07) is 9.48. The Bertz CT molecular complexity index is 1000. The quantitative estimate of drug-likeness (QED) is 0.767. The molecule has 5 rings (SSSR count). The molecular weight excluding hydrogens is 335 g/mol. The van der Waals surface area contributed by atoms with Gasteiger partial charge in [0.2, 0.25) is 5.95 Å². The molecular formula is C19H15FN4O2. The second-order valence-electron chi connectivity index (χ2n) is 6.54. The fourth-order valence-corrected chi connectivity index (χ4v) is 3.83. The van der Waals surface area contributed by atoms with Crippen molar-refractivity contribution in [2.24, 2.45) is 0 Å². The van der Waals surface area contributed by atoms with Gasteiger partial charge in [-0.1, -0.05) is 12.1 Å². The molecule has 0 radical (unpaired) electrons. The molecule has 1 N–H and O–H groups in total. The Morgan fingerprint density at radius 1 is 1.19 bits per heavy atom. The van der Waals surface area contributed by atoms with Crippen molar-refractivity contribution in [3.63, 3.8) is 0 Å². The molecule has 0 unspecified atom stereocenters. The smallest absolute Gasteiger partial charge is 0.226 e. The zero-order valence-electron chi connectivity index (χ0n) is 13.7. The summed E-state index contributed by atoms with van der Waals surface area (Å²) in [4.78, 5) is 17.3. The van der Waals surface area contributed by atoms with Gasteiger partial charge in [-0.25, -0.2) is 9.07 Å². The number of halogens is 1. The zero-order chi connectivity index (χ0) is 17.7. The molecule has 0 bridgehead atoms. The van der Waals surface area contributed by atoms with Gasteiger partial charge in [-0.05, 0) is 36.2 Å². The molecule has 2 aliphatic rings. The van der Waals surface area contributed by atoms with Crippen LogP contribution >= 0.6 is 0 Å². The first kappa shape index (κ1) is 15.1. The highest BCUT2D eigenvalue weighted by atomic mass is 19.1. The number of benzene rings is 1. The van der Waals surface area contributed by atoms with Crippen molar-refractivity contribution in [1.29, 1.82) is 0 Å². The van der Waals surface area contributed by atoms with E-state index in [2.05, 4.69) is 15.4 Å². The first-order valence-electron chi connectivity index (χ1n) is 8.42. The lowest BCUT2D eigenvalue weighted by atomic mass is 9.79. The highest BCUT2D eigenvalue weighted by Crippen LogP contribution is 2.43. The molecule has 1 aliphatic heterocycles. The number of ketones is 1. The highest BCUT2D eigenvalue weighted by molar-refractivity contribution is 6.00. The van der Waals surface area contributed by atoms with Crippen molar-refractivity contribution in [1.82, 2.24) is 14.8 Å². The predicted molar refractivity (Wildman–Crippen MR) is 90.9 cm³/mol. The minimum Gasteiger partial charge on any atom is -0.469 e. The SMILES string of the molecule is O=C1C[C@@H](c2ccco2)CC2=C1[C@@H](c1ccc(F)cc1)n1ncnc1N2. The molecule has 2 atom stereocenters. The van der Waals surface area contributed by atoms with Gasteiger partial charge in [0.1, 0.15) is 23.9 Å². The molecule has 1 aromatic carbocycles. The Kier molecular flexibility index (Phi) is 3.28. The first-order chi connectivity index (χ1) is 12.7. The van der Waals surface area contributed by atoms with E-state index in [1.807, 2.05) is 12.1 Å². The van der Waals surface area contributed by atoms with Crippen LogP contribution in [0.25, 0.3) is 0 Å². The van der Waals surface area contributed by atoms with Crippen LogP contribution in [0.1, 0.15) is 36.1 Å². The second-order valence-corrected chi connectivity index (χ2v) is 6.54. The van der Waals surface area contributed by atoms with Crippen LogP contribution in [0.5, 0.6) is 0 Å². The number of nitrogens with zero attached hydrogens (tertiary/aromatic N) is 3. The van der Waals surface area contributed by atoms with E-state index in [9.17, 15) is 9.18 Å². The molecule has 130 valence electrons. The molecule has 7 heteroatoms. The molecule has 0 saturated carbocycles. The summed E-state index contributed by atoms with van der Waals surface area (Å²) in [7, 11) is 0. The summed E-state index contributed by atoms with van der Waals surface area (Å²) in [5, 5.41) is 7.52. The van der Waals surface area contributed by atoms with Gasteiger partial charge in [0.15, 0.2) is 5.78 Å². The Morgan fingerprint density at radius 2 is 2.04 bits per heavy atom. The number of allylic oxidation sites excluding steroid dienone is 2. The maximum Gasteiger partial charge on any atom is 0.226 e. The lowest BCUT2D eigenvalue weighted by Crippen LogP contribution is -2.33. The Balaban J connectivity index is 1.62. The summed E-state index contributed by atoms with van der Waals surface area (Å²) in [6.45, 7) is 0. The van der Waals surface area contributed by atoms with Crippen molar-refractivity contribution in [3.05, 3.63) is 77.4 Å². The first-order valence-corrected chi connectivity index (χ1v) is 8.42. The number of nitrogens with one attached hydrogen (secondary N) is 1. The number of rotatable bonds is 2. The van der Waals surface area contributed by atoms with E-state index < -0.39 is 6.04 Å². The number of carbonyl (C=O) groups is 1. The van der Waals surface area contributed by atoms with Crippen molar-refractivity contribution in [2.75, 3.05) is 5.32 Å². The number of Topliss-reactive ketones (excluding diaryl/α,β-unsaturated/α-hetero) is 1.